The number of benzene rings is 1. The third-order valence-electron chi connectivity index (χ3n) is 3.07. The molecular formula is C16H19N3O2. The van der Waals surface area contributed by atoms with E-state index in [4.69, 9.17) is 4.74 Å². The molecule has 0 atom stereocenters. The van der Waals surface area contributed by atoms with Crippen molar-refractivity contribution in [1.29, 1.82) is 0 Å². The molecule has 5 heteroatoms. The Morgan fingerprint density at radius 1 is 1.19 bits per heavy atom. The van der Waals surface area contributed by atoms with Gasteiger partial charge in [0.1, 0.15) is 5.69 Å². The van der Waals surface area contributed by atoms with Crippen LogP contribution in [0.25, 0.3) is 0 Å². The molecule has 0 aliphatic rings. The van der Waals surface area contributed by atoms with Crippen molar-refractivity contribution in [3.63, 3.8) is 0 Å². The van der Waals surface area contributed by atoms with Gasteiger partial charge in [-0.25, -0.2) is 4.98 Å². The zero-order valence-electron chi connectivity index (χ0n) is 12.3. The predicted octanol–water partition coefficient (Wildman–Crippen LogP) is 2.07. The summed E-state index contributed by atoms with van der Waals surface area (Å²) < 4.78 is 5.09. The van der Waals surface area contributed by atoms with Crippen LogP contribution in [0.15, 0.2) is 42.7 Å². The number of aromatic nitrogens is 2. The summed E-state index contributed by atoms with van der Waals surface area (Å²) in [5, 5.41) is 0. The van der Waals surface area contributed by atoms with Gasteiger partial charge in [0, 0.05) is 26.4 Å². The summed E-state index contributed by atoms with van der Waals surface area (Å²) in [6.07, 6.45) is 3.12. The maximum atomic E-state index is 12.5. The lowest BCUT2D eigenvalue weighted by Crippen LogP contribution is -2.34. The van der Waals surface area contributed by atoms with Gasteiger partial charge in [0.15, 0.2) is 0 Å². The van der Waals surface area contributed by atoms with Crippen LogP contribution in [0.3, 0.4) is 0 Å². The molecule has 0 radical (unpaired) electrons. The Morgan fingerprint density at radius 3 is 2.57 bits per heavy atom. The first-order valence-electron chi connectivity index (χ1n) is 6.81. The van der Waals surface area contributed by atoms with Gasteiger partial charge in [0.25, 0.3) is 5.91 Å². The summed E-state index contributed by atoms with van der Waals surface area (Å²) in [5.74, 6) is -0.136. The maximum Gasteiger partial charge on any atom is 0.274 e. The van der Waals surface area contributed by atoms with Crippen molar-refractivity contribution in [2.45, 2.75) is 13.5 Å². The second-order valence-corrected chi connectivity index (χ2v) is 4.75. The lowest BCUT2D eigenvalue weighted by atomic mass is 10.2. The van der Waals surface area contributed by atoms with Gasteiger partial charge in [0.05, 0.1) is 18.5 Å². The van der Waals surface area contributed by atoms with E-state index in [1.165, 1.54) is 6.20 Å². The quantitative estimate of drug-likeness (QED) is 0.815. The highest BCUT2D eigenvalue weighted by Crippen LogP contribution is 2.08. The normalized spacial score (nSPS) is 10.4. The Kier molecular flexibility index (Phi) is 5.40. The van der Waals surface area contributed by atoms with Gasteiger partial charge in [-0.3, -0.25) is 9.78 Å². The van der Waals surface area contributed by atoms with Crippen molar-refractivity contribution in [3.8, 4) is 0 Å². The van der Waals surface area contributed by atoms with Crippen LogP contribution in [0.2, 0.25) is 0 Å². The molecule has 0 aliphatic heterocycles. The summed E-state index contributed by atoms with van der Waals surface area (Å²) in [6.45, 7) is 3.37. The molecule has 1 aromatic heterocycles. The van der Waals surface area contributed by atoms with E-state index >= 15 is 0 Å². The zero-order valence-corrected chi connectivity index (χ0v) is 12.3. The predicted molar refractivity (Wildman–Crippen MR) is 79.8 cm³/mol. The van der Waals surface area contributed by atoms with Gasteiger partial charge in [-0.2, -0.15) is 0 Å². The molecule has 0 saturated heterocycles. The van der Waals surface area contributed by atoms with E-state index in [1.54, 1.807) is 18.2 Å². The molecule has 110 valence electrons. The van der Waals surface area contributed by atoms with Gasteiger partial charge in [0.2, 0.25) is 0 Å². The molecule has 0 bridgehead atoms. The molecule has 1 amide bonds. The van der Waals surface area contributed by atoms with Crippen molar-refractivity contribution in [2.75, 3.05) is 20.3 Å². The number of carbonyl (C=O) groups is 1. The monoisotopic (exact) mass is 285 g/mol. The Balaban J connectivity index is 2.14. The van der Waals surface area contributed by atoms with E-state index in [1.807, 2.05) is 37.3 Å². The minimum Gasteiger partial charge on any atom is -0.383 e. The summed E-state index contributed by atoms with van der Waals surface area (Å²) in [6, 6.07) is 9.86. The molecule has 0 spiro atoms. The summed E-state index contributed by atoms with van der Waals surface area (Å²) in [4.78, 5) is 22.5. The standard InChI is InChI=1S/C16H19N3O2/c1-13-10-18-15(11-17-13)16(20)19(8-9-21-2)12-14-6-4-3-5-7-14/h3-7,10-11H,8-9,12H2,1-2H3. The van der Waals surface area contributed by atoms with Crippen LogP contribution >= 0.6 is 0 Å². The van der Waals surface area contributed by atoms with E-state index < -0.39 is 0 Å². The molecule has 1 aromatic carbocycles. The van der Waals surface area contributed by atoms with E-state index in [0.717, 1.165) is 11.3 Å². The van der Waals surface area contributed by atoms with Crippen LogP contribution in [0.1, 0.15) is 21.7 Å². The highest BCUT2D eigenvalue weighted by Gasteiger charge is 2.17. The highest BCUT2D eigenvalue weighted by molar-refractivity contribution is 5.91. The molecule has 2 aromatic rings. The smallest absolute Gasteiger partial charge is 0.274 e. The van der Waals surface area contributed by atoms with Crippen LogP contribution < -0.4 is 0 Å². The van der Waals surface area contributed by atoms with Crippen molar-refractivity contribution in [3.05, 3.63) is 59.7 Å². The molecule has 1 heterocycles. The lowest BCUT2D eigenvalue weighted by Gasteiger charge is -2.22. The van der Waals surface area contributed by atoms with Crippen molar-refractivity contribution in [2.24, 2.45) is 0 Å². The first-order valence-corrected chi connectivity index (χ1v) is 6.81. The SMILES string of the molecule is COCCN(Cc1ccccc1)C(=O)c1cnc(C)cn1. The molecule has 0 aliphatic carbocycles. The summed E-state index contributed by atoms with van der Waals surface area (Å²) in [7, 11) is 1.62. The van der Waals surface area contributed by atoms with E-state index in [9.17, 15) is 4.79 Å². The number of hydrogen-bond donors (Lipinski definition) is 0. The number of ether oxygens (including phenoxy) is 1. The Bertz CT molecular complexity index is 570. The van der Waals surface area contributed by atoms with Crippen molar-refractivity contribution >= 4 is 5.91 Å². The number of rotatable bonds is 6. The van der Waals surface area contributed by atoms with Gasteiger partial charge >= 0.3 is 0 Å². The second-order valence-electron chi connectivity index (χ2n) is 4.75. The largest absolute Gasteiger partial charge is 0.383 e. The number of aryl methyl sites for hydroxylation is 1. The molecule has 21 heavy (non-hydrogen) atoms. The first kappa shape index (κ1) is 15.1. The number of methoxy groups -OCH3 is 1. The lowest BCUT2D eigenvalue weighted by molar-refractivity contribution is 0.0674. The molecule has 0 unspecified atom stereocenters. The number of amides is 1. The minimum atomic E-state index is -0.136. The average Bonchev–Trinajstić information content (AvgIpc) is 2.52. The van der Waals surface area contributed by atoms with Crippen LogP contribution in [-0.2, 0) is 11.3 Å². The third kappa shape index (κ3) is 4.36. The first-order chi connectivity index (χ1) is 10.2. The third-order valence-corrected chi connectivity index (χ3v) is 3.07. The van der Waals surface area contributed by atoms with Gasteiger partial charge in [-0.05, 0) is 12.5 Å². The van der Waals surface area contributed by atoms with Gasteiger partial charge in [-0.15, -0.1) is 0 Å². The van der Waals surface area contributed by atoms with E-state index in [-0.39, 0.29) is 5.91 Å². The molecule has 0 saturated carbocycles. The molecular weight excluding hydrogens is 266 g/mol. The molecule has 0 fully saturated rings. The fraction of sp³-hybridized carbons (Fsp3) is 0.312. The van der Waals surface area contributed by atoms with Gasteiger partial charge < -0.3 is 9.64 Å². The average molecular weight is 285 g/mol. The Morgan fingerprint density at radius 2 is 1.95 bits per heavy atom. The van der Waals surface area contributed by atoms with Crippen LogP contribution in [0.4, 0.5) is 0 Å². The van der Waals surface area contributed by atoms with E-state index in [0.29, 0.717) is 25.4 Å². The molecule has 5 nitrogen and oxygen atoms in total. The summed E-state index contributed by atoms with van der Waals surface area (Å²) in [5.41, 5.74) is 2.22. The van der Waals surface area contributed by atoms with E-state index in [2.05, 4.69) is 9.97 Å². The molecule has 2 rings (SSSR count). The van der Waals surface area contributed by atoms with Crippen molar-refractivity contribution < 1.29 is 9.53 Å². The van der Waals surface area contributed by atoms with Crippen molar-refractivity contribution in [1.82, 2.24) is 14.9 Å². The van der Waals surface area contributed by atoms with Gasteiger partial charge in [-0.1, -0.05) is 30.3 Å². The highest BCUT2D eigenvalue weighted by atomic mass is 16.5. The zero-order chi connectivity index (χ0) is 15.1. The summed E-state index contributed by atoms with van der Waals surface area (Å²) >= 11 is 0. The number of hydrogen-bond acceptors (Lipinski definition) is 4. The number of nitrogens with zero attached hydrogens (tertiary/aromatic N) is 3. The Hall–Kier alpha value is -2.27. The topological polar surface area (TPSA) is 55.3 Å². The fourth-order valence-electron chi connectivity index (χ4n) is 1.92. The minimum absolute atomic E-state index is 0.136. The second kappa shape index (κ2) is 7.50. The van der Waals surface area contributed by atoms with Crippen LogP contribution in [0.5, 0.6) is 0 Å². The maximum absolute atomic E-state index is 12.5. The number of carbonyl (C=O) groups excluding carboxylic acids is 1. The Labute approximate surface area is 124 Å². The molecule has 0 N–H and O–H groups in total. The van der Waals surface area contributed by atoms with Crippen LogP contribution in [-0.4, -0.2) is 41.0 Å². The van der Waals surface area contributed by atoms with Crippen LogP contribution in [0, 0.1) is 6.92 Å². The fourth-order valence-corrected chi connectivity index (χ4v) is 1.92.